The monoisotopic (exact) mass is 381 g/mol. The van der Waals surface area contributed by atoms with Gasteiger partial charge in [-0.25, -0.2) is 0 Å². The van der Waals surface area contributed by atoms with Gasteiger partial charge in [0.15, 0.2) is 0 Å². The molecule has 0 bridgehead atoms. The first-order valence-electron chi connectivity index (χ1n) is 10.3. The van der Waals surface area contributed by atoms with Crippen LogP contribution in [0.5, 0.6) is 0 Å². The van der Waals surface area contributed by atoms with Gasteiger partial charge in [0.05, 0.1) is 6.04 Å². The number of imide groups is 1. The fraction of sp³-hybridized carbons (Fsp3) is 0.600. The van der Waals surface area contributed by atoms with Gasteiger partial charge in [-0.1, -0.05) is 86.6 Å². The van der Waals surface area contributed by atoms with Crippen molar-refractivity contribution in [3.63, 3.8) is 0 Å². The van der Waals surface area contributed by atoms with Crippen LogP contribution in [0.2, 0.25) is 0 Å². The average molecular weight is 382 g/mol. The number of nitrogens with zero attached hydrogens (tertiary/aromatic N) is 1. The van der Waals surface area contributed by atoms with Crippen LogP contribution in [0, 0.1) is 22.2 Å². The largest absolute Gasteiger partial charge is 0.269 e. The second-order valence-corrected chi connectivity index (χ2v) is 11.6. The molecule has 1 aliphatic heterocycles. The van der Waals surface area contributed by atoms with Gasteiger partial charge in [-0.3, -0.25) is 14.5 Å². The zero-order chi connectivity index (χ0) is 21.3. The lowest BCUT2D eigenvalue weighted by Gasteiger charge is -2.60. The van der Waals surface area contributed by atoms with Gasteiger partial charge >= 0.3 is 0 Å². The van der Waals surface area contributed by atoms with Crippen molar-refractivity contribution in [3.05, 3.63) is 47.5 Å². The van der Waals surface area contributed by atoms with Crippen molar-refractivity contribution in [2.24, 2.45) is 22.2 Å². The Balaban J connectivity index is 2.44. The maximum absolute atomic E-state index is 12.8. The molecule has 3 heteroatoms. The Kier molecular flexibility index (Phi) is 4.50. The minimum atomic E-state index is -0.260. The maximum atomic E-state index is 12.8. The third-order valence-electron chi connectivity index (χ3n) is 6.91. The zero-order valence-electron chi connectivity index (χ0n) is 18.9. The molecule has 0 saturated heterocycles. The van der Waals surface area contributed by atoms with E-state index < -0.39 is 0 Å². The lowest BCUT2D eigenvalue weighted by molar-refractivity contribution is -0.146. The molecule has 0 fully saturated rings. The summed E-state index contributed by atoms with van der Waals surface area (Å²) in [7, 11) is 0. The van der Waals surface area contributed by atoms with E-state index in [1.54, 1.807) is 0 Å². The van der Waals surface area contributed by atoms with Gasteiger partial charge in [0, 0.05) is 17.6 Å². The summed E-state index contributed by atoms with van der Waals surface area (Å²) in [4.78, 5) is 27.1. The Labute approximate surface area is 170 Å². The van der Waals surface area contributed by atoms with Crippen molar-refractivity contribution in [2.45, 2.75) is 73.8 Å². The summed E-state index contributed by atoms with van der Waals surface area (Å²) in [5, 5.41) is 0. The standard InChI is InChI=1S/C25H35NO2/c1-22(2,3)21-20(26-18(27)14-15-19(26)28)16-12-10-11-13-17(16)25(21,23(4,5)6)24(7,8)9/h10-15,20-21H,1-9H3/t20-,21+/m1/s1. The molecule has 0 radical (unpaired) electrons. The first-order valence-corrected chi connectivity index (χ1v) is 10.3. The topological polar surface area (TPSA) is 37.4 Å². The molecule has 0 N–H and O–H groups in total. The van der Waals surface area contributed by atoms with Crippen LogP contribution in [0.1, 0.15) is 79.5 Å². The number of benzene rings is 1. The predicted octanol–water partition coefficient (Wildman–Crippen LogP) is 5.66. The summed E-state index contributed by atoms with van der Waals surface area (Å²) in [6.07, 6.45) is 2.83. The summed E-state index contributed by atoms with van der Waals surface area (Å²) in [6, 6.07) is 8.22. The zero-order valence-corrected chi connectivity index (χ0v) is 18.9. The summed E-state index contributed by atoms with van der Waals surface area (Å²) in [6.45, 7) is 20.6. The van der Waals surface area contributed by atoms with E-state index in [2.05, 4.69) is 80.5 Å². The molecule has 3 nitrogen and oxygen atoms in total. The van der Waals surface area contributed by atoms with E-state index in [1.165, 1.54) is 22.6 Å². The van der Waals surface area contributed by atoms with Gasteiger partial charge < -0.3 is 0 Å². The number of fused-ring (bicyclic) bond motifs is 1. The SMILES string of the molecule is CC(C)(C)[C@@H]1[C@H](N2C(=O)C=CC2=O)c2ccccc2C1(C(C)(C)C)C(C)(C)C. The van der Waals surface area contributed by atoms with E-state index in [4.69, 9.17) is 0 Å². The van der Waals surface area contributed by atoms with Crippen molar-refractivity contribution in [3.8, 4) is 0 Å². The fourth-order valence-electron chi connectivity index (χ4n) is 6.66. The molecule has 0 unspecified atom stereocenters. The number of rotatable bonds is 1. The van der Waals surface area contributed by atoms with Crippen molar-refractivity contribution in [2.75, 3.05) is 0 Å². The number of hydrogen-bond donors (Lipinski definition) is 0. The second-order valence-electron chi connectivity index (χ2n) is 11.6. The number of carbonyl (C=O) groups is 2. The molecular formula is C25H35NO2. The van der Waals surface area contributed by atoms with Gasteiger partial charge in [0.25, 0.3) is 11.8 Å². The van der Waals surface area contributed by atoms with E-state index in [1.807, 2.05) is 6.07 Å². The van der Waals surface area contributed by atoms with Crippen LogP contribution in [0.25, 0.3) is 0 Å². The molecule has 3 rings (SSSR count). The van der Waals surface area contributed by atoms with E-state index in [-0.39, 0.29) is 45.4 Å². The van der Waals surface area contributed by atoms with Crippen molar-refractivity contribution in [1.29, 1.82) is 0 Å². The molecule has 152 valence electrons. The van der Waals surface area contributed by atoms with Gasteiger partial charge in [-0.15, -0.1) is 0 Å². The highest BCUT2D eigenvalue weighted by molar-refractivity contribution is 6.13. The lowest BCUT2D eigenvalue weighted by atomic mass is 9.44. The molecule has 0 spiro atoms. The number of carbonyl (C=O) groups excluding carboxylic acids is 2. The lowest BCUT2D eigenvalue weighted by Crippen LogP contribution is -2.58. The van der Waals surface area contributed by atoms with Crippen LogP contribution in [-0.2, 0) is 15.0 Å². The average Bonchev–Trinajstić information content (AvgIpc) is 3.01. The highest BCUT2D eigenvalue weighted by Gasteiger charge is 2.67. The first kappa shape index (κ1) is 20.8. The van der Waals surface area contributed by atoms with E-state index in [0.29, 0.717) is 0 Å². The molecule has 0 aromatic heterocycles. The Morgan fingerprint density at radius 2 is 1.25 bits per heavy atom. The molecule has 1 heterocycles. The number of hydrogen-bond acceptors (Lipinski definition) is 2. The van der Waals surface area contributed by atoms with Crippen LogP contribution in [-0.4, -0.2) is 16.7 Å². The predicted molar refractivity (Wildman–Crippen MR) is 114 cm³/mol. The molecule has 2 amide bonds. The molecule has 2 aliphatic rings. The first-order chi connectivity index (χ1) is 12.7. The highest BCUT2D eigenvalue weighted by atomic mass is 16.2. The Morgan fingerprint density at radius 3 is 1.68 bits per heavy atom. The summed E-state index contributed by atoms with van der Waals surface area (Å²) >= 11 is 0. The van der Waals surface area contributed by atoms with Gasteiger partial charge in [-0.2, -0.15) is 0 Å². The summed E-state index contributed by atoms with van der Waals surface area (Å²) < 4.78 is 0. The van der Waals surface area contributed by atoms with Crippen LogP contribution >= 0.6 is 0 Å². The van der Waals surface area contributed by atoms with Gasteiger partial charge in [-0.05, 0) is 33.3 Å². The van der Waals surface area contributed by atoms with E-state index in [0.717, 1.165) is 5.56 Å². The third-order valence-corrected chi connectivity index (χ3v) is 6.91. The molecule has 0 saturated carbocycles. The normalized spacial score (nSPS) is 24.8. The van der Waals surface area contributed by atoms with Crippen molar-refractivity contribution in [1.82, 2.24) is 4.90 Å². The Morgan fingerprint density at radius 1 is 0.786 bits per heavy atom. The second kappa shape index (κ2) is 6.05. The quantitative estimate of drug-likeness (QED) is 0.589. The highest BCUT2D eigenvalue weighted by Crippen LogP contribution is 2.70. The molecule has 2 atom stereocenters. The summed E-state index contributed by atoms with van der Waals surface area (Å²) in [5.41, 5.74) is 1.92. The minimum Gasteiger partial charge on any atom is -0.269 e. The minimum absolute atomic E-state index is 0.0761. The van der Waals surface area contributed by atoms with E-state index in [9.17, 15) is 9.59 Å². The van der Waals surface area contributed by atoms with Crippen LogP contribution < -0.4 is 0 Å². The fourth-order valence-corrected chi connectivity index (χ4v) is 6.66. The maximum Gasteiger partial charge on any atom is 0.254 e. The Hall–Kier alpha value is -1.90. The van der Waals surface area contributed by atoms with E-state index >= 15 is 0 Å². The molecule has 1 aliphatic carbocycles. The van der Waals surface area contributed by atoms with Crippen LogP contribution in [0.4, 0.5) is 0 Å². The molecule has 1 aromatic carbocycles. The van der Waals surface area contributed by atoms with Gasteiger partial charge in [0.1, 0.15) is 0 Å². The van der Waals surface area contributed by atoms with Crippen LogP contribution in [0.15, 0.2) is 36.4 Å². The summed E-state index contributed by atoms with van der Waals surface area (Å²) in [5.74, 6) is -0.305. The van der Waals surface area contributed by atoms with Crippen molar-refractivity contribution < 1.29 is 9.59 Å². The molecule has 28 heavy (non-hydrogen) atoms. The van der Waals surface area contributed by atoms with Gasteiger partial charge in [0.2, 0.25) is 0 Å². The third kappa shape index (κ3) is 2.62. The number of amides is 2. The van der Waals surface area contributed by atoms with Crippen LogP contribution in [0.3, 0.4) is 0 Å². The molecule has 1 aromatic rings. The smallest absolute Gasteiger partial charge is 0.254 e. The Bertz CT molecular complexity index is 811. The van der Waals surface area contributed by atoms with Crippen molar-refractivity contribution >= 4 is 11.8 Å². The molecular weight excluding hydrogens is 346 g/mol.